The van der Waals surface area contributed by atoms with Gasteiger partial charge in [0, 0.05) is 0 Å². The van der Waals surface area contributed by atoms with Crippen molar-refractivity contribution >= 4 is 12.6 Å². The van der Waals surface area contributed by atoms with Gasteiger partial charge in [-0.3, -0.25) is 0 Å². The van der Waals surface area contributed by atoms with Gasteiger partial charge in [-0.05, 0) is 0 Å². The maximum atomic E-state index is 2.64. The summed E-state index contributed by atoms with van der Waals surface area (Å²) in [7, 11) is 0. The van der Waals surface area contributed by atoms with Crippen molar-refractivity contribution < 1.29 is 20.6 Å². The van der Waals surface area contributed by atoms with Crippen LogP contribution in [0.2, 0.25) is 13.1 Å². The van der Waals surface area contributed by atoms with Gasteiger partial charge in [0.05, 0.1) is 0 Å². The number of benzene rings is 2. The van der Waals surface area contributed by atoms with Gasteiger partial charge in [-0.25, -0.2) is 0 Å². The van der Waals surface area contributed by atoms with Gasteiger partial charge in [-0.2, -0.15) is 0 Å². The van der Waals surface area contributed by atoms with E-state index in [1.165, 1.54) is 11.1 Å². The molecular weight excluding hydrogens is 567 g/mol. The Balaban J connectivity index is 1.65. The molecule has 0 bridgehead atoms. The predicted molar refractivity (Wildman–Crippen MR) is 137 cm³/mol. The van der Waals surface area contributed by atoms with Crippen molar-refractivity contribution in [1.29, 1.82) is 0 Å². The molecule has 2 heteroatoms. The molecule has 2 aromatic rings. The quantitative estimate of drug-likeness (QED) is 0.323. The summed E-state index contributed by atoms with van der Waals surface area (Å²) in [5, 5.41) is 0. The summed E-state index contributed by atoms with van der Waals surface area (Å²) in [6, 6.07) is 14.4. The third-order valence-electron chi connectivity index (χ3n) is 7.37. The Morgan fingerprint density at radius 1 is 0.656 bits per heavy atom. The minimum absolute atomic E-state index is 0.458. The second-order valence-electron chi connectivity index (χ2n) is 9.85. The molecule has 157 valence electrons. The van der Waals surface area contributed by atoms with Crippen molar-refractivity contribution in [2.24, 2.45) is 0 Å². The van der Waals surface area contributed by atoms with Crippen LogP contribution in [0.3, 0.4) is 0 Å². The molecule has 0 N–H and O–H groups in total. The van der Waals surface area contributed by atoms with Crippen molar-refractivity contribution in [3.8, 4) is 0 Å². The Hall–Kier alpha value is -2.03. The van der Waals surface area contributed by atoms with Crippen LogP contribution >= 0.6 is 0 Å². The SMILES string of the molecule is Cc1ccc2c(c1)[C]([Hf]([C]1=C3C=CC=CC3c3ccc(C)cc31)[SiH](C)C)=C1C=CC=CC12. The van der Waals surface area contributed by atoms with E-state index in [-0.39, 0.29) is 0 Å². The maximum absolute atomic E-state index is 2.64. The van der Waals surface area contributed by atoms with E-state index in [9.17, 15) is 0 Å². The van der Waals surface area contributed by atoms with E-state index in [2.05, 4.69) is 112 Å². The zero-order valence-electron chi connectivity index (χ0n) is 19.3. The summed E-state index contributed by atoms with van der Waals surface area (Å²) in [4.78, 5) is 0. The molecule has 4 aliphatic rings. The van der Waals surface area contributed by atoms with E-state index in [0.717, 1.165) is 0 Å². The van der Waals surface area contributed by atoms with Gasteiger partial charge in [-0.15, -0.1) is 0 Å². The van der Waals surface area contributed by atoms with Gasteiger partial charge in [0.25, 0.3) is 0 Å². The van der Waals surface area contributed by atoms with Gasteiger partial charge >= 0.3 is 202 Å². The fourth-order valence-corrected chi connectivity index (χ4v) is 33.4. The van der Waals surface area contributed by atoms with Gasteiger partial charge in [0.1, 0.15) is 0 Å². The summed E-state index contributed by atoms with van der Waals surface area (Å²) in [6.45, 7) is 9.79. The average molecular weight is 596 g/mol. The summed E-state index contributed by atoms with van der Waals surface area (Å²) < 4.78 is 3.64. The number of hydrogen-bond donors (Lipinski definition) is 0. The van der Waals surface area contributed by atoms with E-state index in [4.69, 9.17) is 0 Å². The standard InChI is InChI=1S/2C14H11.C2H7Si.Hf/c2*1-10-6-7-14-12(8-10)9-11-4-2-3-5-13(11)14;1-3-2;/h2*2-8,13H,1H3;3H,1-2H3;. The van der Waals surface area contributed by atoms with Gasteiger partial charge in [-0.1, -0.05) is 0 Å². The molecule has 2 aromatic carbocycles. The number of hydrogen-bond acceptors (Lipinski definition) is 0. The second kappa shape index (κ2) is 7.78. The van der Waals surface area contributed by atoms with Crippen LogP contribution in [0.15, 0.2) is 96.2 Å². The zero-order chi connectivity index (χ0) is 22.0. The number of rotatable bonds is 3. The van der Waals surface area contributed by atoms with Crippen LogP contribution in [0.5, 0.6) is 0 Å². The van der Waals surface area contributed by atoms with E-state index in [1.54, 1.807) is 33.4 Å². The monoisotopic (exact) mass is 597 g/mol. The first-order valence-corrected chi connectivity index (χ1v) is 24.5. The molecule has 0 saturated heterocycles. The molecule has 0 aliphatic heterocycles. The van der Waals surface area contributed by atoms with Crippen LogP contribution in [0.1, 0.15) is 45.2 Å². The third kappa shape index (κ3) is 3.03. The molecule has 0 saturated carbocycles. The van der Waals surface area contributed by atoms with Crippen LogP contribution < -0.4 is 0 Å². The van der Waals surface area contributed by atoms with Crippen LogP contribution in [0.25, 0.3) is 6.66 Å². The molecule has 0 radical (unpaired) electrons. The predicted octanol–water partition coefficient (Wildman–Crippen LogP) is 7.47. The van der Waals surface area contributed by atoms with Crippen molar-refractivity contribution in [3.63, 3.8) is 0 Å². The van der Waals surface area contributed by atoms with E-state index in [0.29, 0.717) is 11.8 Å². The van der Waals surface area contributed by atoms with Gasteiger partial charge in [0.2, 0.25) is 0 Å². The average Bonchev–Trinajstić information content (AvgIpc) is 3.27. The Labute approximate surface area is 200 Å². The normalized spacial score (nSPS) is 21.9. The van der Waals surface area contributed by atoms with Crippen molar-refractivity contribution in [1.82, 2.24) is 0 Å². The van der Waals surface area contributed by atoms with E-state index >= 15 is 0 Å². The molecule has 0 spiro atoms. The first-order valence-electron chi connectivity index (χ1n) is 11.8. The molecule has 0 amide bonds. The number of allylic oxidation sites excluding steroid dienone is 10. The van der Waals surface area contributed by atoms with Crippen LogP contribution in [0.4, 0.5) is 0 Å². The Kier molecular flexibility index (Phi) is 5.00. The molecule has 0 fully saturated rings. The minimum atomic E-state index is -2.40. The molecule has 6 rings (SSSR count). The molecule has 0 heterocycles. The van der Waals surface area contributed by atoms with Crippen molar-refractivity contribution in [2.75, 3.05) is 0 Å². The molecule has 32 heavy (non-hydrogen) atoms. The Morgan fingerprint density at radius 3 is 1.56 bits per heavy atom. The number of fused-ring (bicyclic) bond motifs is 6. The molecular formula is C30H29HfSi. The van der Waals surface area contributed by atoms with Gasteiger partial charge < -0.3 is 0 Å². The Bertz CT molecular complexity index is 1230. The first-order chi connectivity index (χ1) is 15.5. The third-order valence-corrected chi connectivity index (χ3v) is 33.6. The zero-order valence-corrected chi connectivity index (χ0v) is 24.1. The fraction of sp³-hybridized carbons (Fsp3) is 0.200. The second-order valence-corrected chi connectivity index (χ2v) is 35.9. The summed E-state index contributed by atoms with van der Waals surface area (Å²) in [6.07, 6.45) is 18.8. The summed E-state index contributed by atoms with van der Waals surface area (Å²) >= 11 is -2.40. The molecule has 4 aliphatic carbocycles. The molecule has 0 nitrogen and oxygen atoms in total. The van der Waals surface area contributed by atoms with Crippen molar-refractivity contribution in [3.05, 3.63) is 130 Å². The molecule has 0 aromatic heterocycles. The van der Waals surface area contributed by atoms with Crippen LogP contribution in [-0.2, 0) is 20.6 Å². The molecule has 2 atom stereocenters. The van der Waals surface area contributed by atoms with Crippen LogP contribution in [-0.4, -0.2) is 5.98 Å². The van der Waals surface area contributed by atoms with E-state index < -0.39 is 26.6 Å². The van der Waals surface area contributed by atoms with Gasteiger partial charge in [0.15, 0.2) is 0 Å². The number of aryl methyl sites for hydroxylation is 2. The fourth-order valence-electron chi connectivity index (χ4n) is 6.03. The van der Waals surface area contributed by atoms with E-state index in [1.807, 2.05) is 6.66 Å². The van der Waals surface area contributed by atoms with Crippen LogP contribution in [0, 0.1) is 13.8 Å². The Morgan fingerprint density at radius 2 is 1.12 bits per heavy atom. The topological polar surface area (TPSA) is 0 Å². The first kappa shape index (κ1) is 20.6. The summed E-state index contributed by atoms with van der Waals surface area (Å²) in [5.74, 6) is 0.0237. The van der Waals surface area contributed by atoms with Crippen molar-refractivity contribution in [2.45, 2.75) is 38.8 Å². The molecule has 2 unspecified atom stereocenters. The summed E-state index contributed by atoms with van der Waals surface area (Å²) in [5.41, 5.74) is 12.3.